The Kier molecular flexibility index (Phi) is 5.32. The number of pyridine rings is 1. The number of carbonyl (C=O) groups is 1. The van der Waals surface area contributed by atoms with E-state index in [9.17, 15) is 9.90 Å². The van der Waals surface area contributed by atoms with Gasteiger partial charge in [0.1, 0.15) is 5.60 Å². The average molecular weight is 343 g/mol. The van der Waals surface area contributed by atoms with Crippen LogP contribution in [0.5, 0.6) is 0 Å². The van der Waals surface area contributed by atoms with Gasteiger partial charge in [-0.15, -0.1) is 0 Å². The second-order valence-corrected chi connectivity index (χ2v) is 6.94. The predicted molar refractivity (Wildman–Crippen MR) is 96.1 cm³/mol. The molecule has 0 radical (unpaired) electrons. The molecule has 6 nitrogen and oxygen atoms in total. The Bertz CT molecular complexity index is 744. The maximum atomic E-state index is 12.1. The second kappa shape index (κ2) is 7.47. The summed E-state index contributed by atoms with van der Waals surface area (Å²) in [5, 5.41) is 12.0. The van der Waals surface area contributed by atoms with Crippen molar-refractivity contribution in [3.05, 3.63) is 42.1 Å². The van der Waals surface area contributed by atoms with Crippen molar-refractivity contribution >= 4 is 16.8 Å². The third-order valence-electron chi connectivity index (χ3n) is 4.53. The fraction of sp³-hybridized carbons (Fsp3) is 0.474. The summed E-state index contributed by atoms with van der Waals surface area (Å²) in [5.74, 6) is -0.0974. The lowest BCUT2D eigenvalue weighted by Gasteiger charge is -2.31. The number of hydrogen-bond acceptors (Lipinski definition) is 5. The van der Waals surface area contributed by atoms with Gasteiger partial charge in [0.2, 0.25) is 5.91 Å². The molecule has 2 aromatic rings. The fourth-order valence-corrected chi connectivity index (χ4v) is 3.21. The van der Waals surface area contributed by atoms with Crippen LogP contribution in [0.15, 0.2) is 36.5 Å². The highest BCUT2D eigenvalue weighted by Crippen LogP contribution is 2.22. The van der Waals surface area contributed by atoms with Gasteiger partial charge < -0.3 is 14.7 Å². The molecule has 0 bridgehead atoms. The molecule has 6 heteroatoms. The molecule has 1 aromatic carbocycles. The maximum absolute atomic E-state index is 12.1. The summed E-state index contributed by atoms with van der Waals surface area (Å²) in [7, 11) is 3.39. The van der Waals surface area contributed by atoms with Gasteiger partial charge in [0.05, 0.1) is 25.2 Å². The van der Waals surface area contributed by atoms with E-state index in [1.807, 2.05) is 24.3 Å². The monoisotopic (exact) mass is 343 g/mol. The quantitative estimate of drug-likeness (QED) is 0.906. The highest BCUT2D eigenvalue weighted by Gasteiger charge is 2.35. The van der Waals surface area contributed by atoms with E-state index >= 15 is 0 Å². The molecule has 2 heterocycles. The summed E-state index contributed by atoms with van der Waals surface area (Å²) >= 11 is 0. The van der Waals surface area contributed by atoms with Crippen molar-refractivity contribution in [2.45, 2.75) is 18.6 Å². The molecular weight excluding hydrogens is 318 g/mol. The second-order valence-electron chi connectivity index (χ2n) is 6.94. The summed E-state index contributed by atoms with van der Waals surface area (Å²) in [5.41, 5.74) is 0.917. The third-order valence-corrected chi connectivity index (χ3v) is 4.53. The molecule has 134 valence electrons. The first kappa shape index (κ1) is 17.8. The van der Waals surface area contributed by atoms with E-state index in [1.165, 1.54) is 4.90 Å². The van der Waals surface area contributed by atoms with Gasteiger partial charge in [-0.25, -0.2) is 0 Å². The highest BCUT2D eigenvalue weighted by atomic mass is 16.5. The molecule has 1 N–H and O–H groups in total. The van der Waals surface area contributed by atoms with Crippen molar-refractivity contribution in [3.8, 4) is 0 Å². The van der Waals surface area contributed by atoms with Gasteiger partial charge in [0.15, 0.2) is 0 Å². The van der Waals surface area contributed by atoms with E-state index in [1.54, 1.807) is 20.3 Å². The molecule has 1 aromatic heterocycles. The molecule has 1 atom stereocenters. The number of hydrogen-bond donors (Lipinski definition) is 1. The number of rotatable bonds is 4. The van der Waals surface area contributed by atoms with Gasteiger partial charge in [-0.05, 0) is 11.6 Å². The lowest BCUT2D eigenvalue weighted by atomic mass is 9.99. The summed E-state index contributed by atoms with van der Waals surface area (Å²) in [4.78, 5) is 20.2. The third kappa shape index (κ3) is 4.34. The lowest BCUT2D eigenvalue weighted by molar-refractivity contribution is -0.136. The van der Waals surface area contributed by atoms with Crippen molar-refractivity contribution in [2.75, 3.05) is 40.4 Å². The smallest absolute Gasteiger partial charge is 0.225 e. The Morgan fingerprint density at radius 1 is 1.36 bits per heavy atom. The number of para-hydroxylation sites is 1. The standard InChI is InChI=1S/C19H25N3O3/c1-21(2)17(23)11-19(24)13-22(9-10-25-14-19)12-16-6-3-5-15-7-4-8-20-18(15)16/h3-8,24H,9-14H2,1-2H3/t19-/m1/s1. The van der Waals surface area contributed by atoms with Crippen LogP contribution >= 0.6 is 0 Å². The summed E-state index contributed by atoms with van der Waals surface area (Å²) < 4.78 is 5.57. The van der Waals surface area contributed by atoms with E-state index in [0.717, 1.165) is 16.5 Å². The number of benzene rings is 1. The number of fused-ring (bicyclic) bond motifs is 1. The Hall–Kier alpha value is -2.02. The van der Waals surface area contributed by atoms with Gasteiger partial charge >= 0.3 is 0 Å². The number of nitrogens with zero attached hydrogens (tertiary/aromatic N) is 3. The lowest BCUT2D eigenvalue weighted by Crippen LogP contribution is -2.47. The van der Waals surface area contributed by atoms with Crippen molar-refractivity contribution in [1.82, 2.24) is 14.8 Å². The first-order chi connectivity index (χ1) is 12.0. The van der Waals surface area contributed by atoms with Crippen LogP contribution in [0.3, 0.4) is 0 Å². The molecule has 1 aliphatic heterocycles. The van der Waals surface area contributed by atoms with Crippen LogP contribution in [0, 0.1) is 0 Å². The fourth-order valence-electron chi connectivity index (χ4n) is 3.21. The van der Waals surface area contributed by atoms with E-state index < -0.39 is 5.60 Å². The SMILES string of the molecule is CN(C)C(=O)C[C@]1(O)COCCN(Cc2cccc3cccnc23)C1. The zero-order valence-electron chi connectivity index (χ0n) is 14.8. The number of β-amino-alcohol motifs (C(OH)–C–C–N with tert-alkyl or cyclic N) is 1. The number of aliphatic hydroxyl groups is 1. The van der Waals surface area contributed by atoms with Gasteiger partial charge in [0, 0.05) is 45.3 Å². The molecule has 1 amide bonds. The Balaban J connectivity index is 1.78. The van der Waals surface area contributed by atoms with Crippen LogP contribution in [-0.4, -0.2) is 71.8 Å². The number of ether oxygens (including phenoxy) is 1. The molecule has 1 fully saturated rings. The molecule has 1 saturated heterocycles. The van der Waals surface area contributed by atoms with Crippen LogP contribution in [0.2, 0.25) is 0 Å². The number of aromatic nitrogens is 1. The van der Waals surface area contributed by atoms with Gasteiger partial charge in [0.25, 0.3) is 0 Å². The van der Waals surface area contributed by atoms with Crippen LogP contribution < -0.4 is 0 Å². The summed E-state index contributed by atoms with van der Waals surface area (Å²) in [6.07, 6.45) is 1.85. The zero-order valence-corrected chi connectivity index (χ0v) is 14.8. The summed E-state index contributed by atoms with van der Waals surface area (Å²) in [6, 6.07) is 10.1. The van der Waals surface area contributed by atoms with E-state index in [4.69, 9.17) is 4.74 Å². The minimum absolute atomic E-state index is 0.0598. The van der Waals surface area contributed by atoms with Crippen molar-refractivity contribution in [1.29, 1.82) is 0 Å². The zero-order chi connectivity index (χ0) is 17.9. The van der Waals surface area contributed by atoms with Crippen molar-refractivity contribution < 1.29 is 14.6 Å². The molecule has 0 saturated carbocycles. The van der Waals surface area contributed by atoms with E-state index in [0.29, 0.717) is 26.2 Å². The topological polar surface area (TPSA) is 65.9 Å². The van der Waals surface area contributed by atoms with Crippen molar-refractivity contribution in [3.63, 3.8) is 0 Å². The van der Waals surface area contributed by atoms with E-state index in [-0.39, 0.29) is 18.9 Å². The van der Waals surface area contributed by atoms with Gasteiger partial charge in [-0.2, -0.15) is 0 Å². The Labute approximate surface area is 148 Å². The van der Waals surface area contributed by atoms with Gasteiger partial charge in [-0.3, -0.25) is 14.7 Å². The molecule has 0 unspecified atom stereocenters. The number of carbonyl (C=O) groups excluding carboxylic acids is 1. The van der Waals surface area contributed by atoms with Crippen LogP contribution in [0.1, 0.15) is 12.0 Å². The Morgan fingerprint density at radius 3 is 2.96 bits per heavy atom. The predicted octanol–water partition coefficient (Wildman–Crippen LogP) is 1.28. The van der Waals surface area contributed by atoms with E-state index in [2.05, 4.69) is 16.0 Å². The van der Waals surface area contributed by atoms with Crippen LogP contribution in [0.4, 0.5) is 0 Å². The largest absolute Gasteiger partial charge is 0.386 e. The summed E-state index contributed by atoms with van der Waals surface area (Å²) in [6.45, 7) is 2.49. The van der Waals surface area contributed by atoms with Gasteiger partial charge in [-0.1, -0.05) is 24.3 Å². The molecule has 3 rings (SSSR count). The molecule has 25 heavy (non-hydrogen) atoms. The minimum Gasteiger partial charge on any atom is -0.386 e. The first-order valence-electron chi connectivity index (χ1n) is 8.52. The maximum Gasteiger partial charge on any atom is 0.225 e. The Morgan fingerprint density at radius 2 is 2.16 bits per heavy atom. The average Bonchev–Trinajstić information content (AvgIpc) is 2.76. The minimum atomic E-state index is -1.17. The molecule has 0 spiro atoms. The molecule has 0 aliphatic carbocycles. The molecular formula is C19H25N3O3. The number of amides is 1. The first-order valence-corrected chi connectivity index (χ1v) is 8.52. The van der Waals surface area contributed by atoms with Crippen LogP contribution in [-0.2, 0) is 16.1 Å². The van der Waals surface area contributed by atoms with Crippen LogP contribution in [0.25, 0.3) is 10.9 Å². The molecule has 1 aliphatic rings. The normalized spacial score (nSPS) is 21.9. The highest BCUT2D eigenvalue weighted by molar-refractivity contribution is 5.81. The van der Waals surface area contributed by atoms with Crippen molar-refractivity contribution in [2.24, 2.45) is 0 Å².